The predicted octanol–water partition coefficient (Wildman–Crippen LogP) is 3.83. The molecule has 0 aliphatic carbocycles. The molecule has 6 nitrogen and oxygen atoms in total. The first-order valence-corrected chi connectivity index (χ1v) is 10.2. The standard InChI is InChI=1S/C22H18O6S/c23-21(24)14-19(22(25)26)18-8-4-5-9-20(18)29(27,28)17-12-10-16(11-13-17)15-6-2-1-3-7-15/h1-13,19H,14H2,(H,23,24)(H,25,26). The smallest absolute Gasteiger partial charge is 0.311 e. The number of rotatable bonds is 7. The highest BCUT2D eigenvalue weighted by atomic mass is 32.2. The third-order valence-corrected chi connectivity index (χ3v) is 6.38. The van der Waals surface area contributed by atoms with E-state index < -0.39 is 34.1 Å². The van der Waals surface area contributed by atoms with Gasteiger partial charge in [-0.1, -0.05) is 60.7 Å². The molecule has 0 radical (unpaired) electrons. The van der Waals surface area contributed by atoms with Crippen molar-refractivity contribution in [2.75, 3.05) is 0 Å². The van der Waals surface area contributed by atoms with Crippen molar-refractivity contribution in [3.05, 3.63) is 84.4 Å². The zero-order valence-electron chi connectivity index (χ0n) is 15.2. The third-order valence-electron chi connectivity index (χ3n) is 4.53. The number of carbonyl (C=O) groups is 2. The van der Waals surface area contributed by atoms with Gasteiger partial charge in [0.25, 0.3) is 0 Å². The van der Waals surface area contributed by atoms with Crippen molar-refractivity contribution in [3.63, 3.8) is 0 Å². The van der Waals surface area contributed by atoms with Gasteiger partial charge in [-0.3, -0.25) is 9.59 Å². The monoisotopic (exact) mass is 410 g/mol. The number of benzene rings is 3. The second-order valence-corrected chi connectivity index (χ2v) is 8.34. The van der Waals surface area contributed by atoms with Crippen LogP contribution in [0.4, 0.5) is 0 Å². The van der Waals surface area contributed by atoms with Crippen LogP contribution in [0.5, 0.6) is 0 Å². The fourth-order valence-electron chi connectivity index (χ4n) is 3.10. The molecule has 1 atom stereocenters. The maximum Gasteiger partial charge on any atom is 0.311 e. The molecule has 0 bridgehead atoms. The summed E-state index contributed by atoms with van der Waals surface area (Å²) in [5, 5.41) is 18.5. The topological polar surface area (TPSA) is 109 Å². The Morgan fingerprint density at radius 2 is 1.31 bits per heavy atom. The van der Waals surface area contributed by atoms with Gasteiger partial charge in [-0.15, -0.1) is 0 Å². The number of hydrogen-bond acceptors (Lipinski definition) is 4. The molecule has 0 spiro atoms. The van der Waals surface area contributed by atoms with Gasteiger partial charge in [0.05, 0.1) is 22.1 Å². The van der Waals surface area contributed by atoms with Crippen LogP contribution < -0.4 is 0 Å². The molecule has 0 aliphatic rings. The molecule has 0 aliphatic heterocycles. The van der Waals surface area contributed by atoms with Gasteiger partial charge in [0.2, 0.25) is 9.84 Å². The highest BCUT2D eigenvalue weighted by Gasteiger charge is 2.30. The van der Waals surface area contributed by atoms with Crippen LogP contribution in [0.3, 0.4) is 0 Å². The summed E-state index contributed by atoms with van der Waals surface area (Å²) in [7, 11) is -4.04. The lowest BCUT2D eigenvalue weighted by molar-refractivity contribution is -0.145. The lowest BCUT2D eigenvalue weighted by atomic mass is 9.96. The van der Waals surface area contributed by atoms with Gasteiger partial charge in [-0.25, -0.2) is 8.42 Å². The second-order valence-electron chi connectivity index (χ2n) is 6.42. The summed E-state index contributed by atoms with van der Waals surface area (Å²) >= 11 is 0. The number of carboxylic acid groups (broad SMARTS) is 2. The van der Waals surface area contributed by atoms with Gasteiger partial charge in [-0.2, -0.15) is 0 Å². The summed E-state index contributed by atoms with van der Waals surface area (Å²) in [6, 6.07) is 21.3. The minimum Gasteiger partial charge on any atom is -0.481 e. The molecule has 0 aromatic heterocycles. The van der Waals surface area contributed by atoms with Gasteiger partial charge in [0.1, 0.15) is 0 Å². The first kappa shape index (κ1) is 20.3. The maximum absolute atomic E-state index is 13.2. The van der Waals surface area contributed by atoms with E-state index in [0.717, 1.165) is 11.1 Å². The minimum absolute atomic E-state index is 0.00379. The lowest BCUT2D eigenvalue weighted by Crippen LogP contribution is -2.19. The summed E-state index contributed by atoms with van der Waals surface area (Å²) in [5.74, 6) is -4.19. The summed E-state index contributed by atoms with van der Waals surface area (Å²) in [4.78, 5) is 22.5. The zero-order chi connectivity index (χ0) is 21.0. The average molecular weight is 410 g/mol. The lowest BCUT2D eigenvalue weighted by Gasteiger charge is -2.16. The van der Waals surface area contributed by atoms with Crippen molar-refractivity contribution in [2.45, 2.75) is 22.1 Å². The summed E-state index contributed by atoms with van der Waals surface area (Å²) in [6.07, 6.45) is -0.713. The number of carboxylic acids is 2. The second kappa shape index (κ2) is 8.28. The molecular formula is C22H18O6S. The number of sulfone groups is 1. The highest BCUT2D eigenvalue weighted by molar-refractivity contribution is 7.91. The van der Waals surface area contributed by atoms with Crippen LogP contribution in [0.15, 0.2) is 88.7 Å². The largest absolute Gasteiger partial charge is 0.481 e. The Labute approximate surface area is 168 Å². The first-order valence-electron chi connectivity index (χ1n) is 8.75. The van der Waals surface area contributed by atoms with Gasteiger partial charge in [0, 0.05) is 0 Å². The van der Waals surface area contributed by atoms with Gasteiger partial charge >= 0.3 is 11.9 Å². The van der Waals surface area contributed by atoms with E-state index in [2.05, 4.69) is 0 Å². The summed E-state index contributed by atoms with van der Waals surface area (Å²) in [6.45, 7) is 0. The van der Waals surface area contributed by atoms with E-state index in [4.69, 9.17) is 5.11 Å². The van der Waals surface area contributed by atoms with E-state index in [9.17, 15) is 23.1 Å². The molecular weight excluding hydrogens is 392 g/mol. The molecule has 0 saturated carbocycles. The van der Waals surface area contributed by atoms with Crippen molar-refractivity contribution in [3.8, 4) is 11.1 Å². The zero-order valence-corrected chi connectivity index (χ0v) is 16.0. The van der Waals surface area contributed by atoms with Crippen molar-refractivity contribution in [1.82, 2.24) is 0 Å². The fraction of sp³-hybridized carbons (Fsp3) is 0.0909. The van der Waals surface area contributed by atoms with Crippen LogP contribution in [0.25, 0.3) is 11.1 Å². The van der Waals surface area contributed by atoms with Crippen molar-refractivity contribution >= 4 is 21.8 Å². The number of aliphatic carboxylic acids is 2. The Hall–Kier alpha value is -3.45. The molecule has 3 aromatic rings. The SMILES string of the molecule is O=C(O)CC(C(=O)O)c1ccccc1S(=O)(=O)c1ccc(-c2ccccc2)cc1. The van der Waals surface area contributed by atoms with Crippen molar-refractivity contribution < 1.29 is 28.2 Å². The van der Waals surface area contributed by atoms with E-state index in [1.165, 1.54) is 36.4 Å². The Kier molecular flexibility index (Phi) is 5.79. The van der Waals surface area contributed by atoms with E-state index in [1.807, 2.05) is 30.3 Å². The van der Waals surface area contributed by atoms with Crippen LogP contribution >= 0.6 is 0 Å². The van der Waals surface area contributed by atoms with Crippen LogP contribution in [0.2, 0.25) is 0 Å². The Balaban J connectivity index is 2.04. The van der Waals surface area contributed by atoms with Crippen molar-refractivity contribution in [1.29, 1.82) is 0 Å². The molecule has 3 rings (SSSR count). The third kappa shape index (κ3) is 4.35. The van der Waals surface area contributed by atoms with Gasteiger partial charge < -0.3 is 10.2 Å². The summed E-state index contributed by atoms with van der Waals surface area (Å²) < 4.78 is 26.3. The first-order chi connectivity index (χ1) is 13.8. The van der Waals surface area contributed by atoms with Crippen LogP contribution in [0.1, 0.15) is 17.9 Å². The molecule has 3 aromatic carbocycles. The molecule has 7 heteroatoms. The van der Waals surface area contributed by atoms with E-state index in [-0.39, 0.29) is 15.4 Å². The molecule has 1 unspecified atom stereocenters. The molecule has 2 N–H and O–H groups in total. The van der Waals surface area contributed by atoms with Crippen LogP contribution in [-0.2, 0) is 19.4 Å². The van der Waals surface area contributed by atoms with Crippen LogP contribution in [0, 0.1) is 0 Å². The van der Waals surface area contributed by atoms with E-state index in [1.54, 1.807) is 12.1 Å². The normalized spacial score (nSPS) is 12.3. The Morgan fingerprint density at radius 3 is 1.90 bits per heavy atom. The van der Waals surface area contributed by atoms with Gasteiger partial charge in [0.15, 0.2) is 0 Å². The highest BCUT2D eigenvalue weighted by Crippen LogP contribution is 2.32. The van der Waals surface area contributed by atoms with Crippen LogP contribution in [-0.4, -0.2) is 30.6 Å². The molecule has 29 heavy (non-hydrogen) atoms. The number of hydrogen-bond donors (Lipinski definition) is 2. The molecule has 0 amide bonds. The predicted molar refractivity (Wildman–Crippen MR) is 106 cm³/mol. The molecule has 0 fully saturated rings. The maximum atomic E-state index is 13.2. The Bertz CT molecular complexity index is 1140. The molecule has 148 valence electrons. The quantitative estimate of drug-likeness (QED) is 0.613. The van der Waals surface area contributed by atoms with E-state index in [0.29, 0.717) is 0 Å². The van der Waals surface area contributed by atoms with Crippen molar-refractivity contribution in [2.24, 2.45) is 0 Å². The minimum atomic E-state index is -4.04. The fourth-order valence-corrected chi connectivity index (χ4v) is 4.63. The molecule has 0 saturated heterocycles. The Morgan fingerprint density at radius 1 is 0.759 bits per heavy atom. The molecule has 0 heterocycles. The summed E-state index contributed by atoms with van der Waals surface area (Å²) in [5.41, 5.74) is 1.73. The average Bonchev–Trinajstić information content (AvgIpc) is 2.72. The van der Waals surface area contributed by atoms with Gasteiger partial charge in [-0.05, 0) is 34.9 Å². The van der Waals surface area contributed by atoms with E-state index >= 15 is 0 Å².